The number of hydrogen-bond donors (Lipinski definition) is 1. The van der Waals surface area contributed by atoms with Crippen molar-refractivity contribution in [1.29, 1.82) is 5.26 Å². The molecule has 0 unspecified atom stereocenters. The van der Waals surface area contributed by atoms with Crippen LogP contribution in [-0.4, -0.2) is 6.61 Å². The highest BCUT2D eigenvalue weighted by Crippen LogP contribution is 2.33. The normalized spacial score (nSPS) is 9.95. The first-order valence-corrected chi connectivity index (χ1v) is 6.91. The molecular formula is C17H18N2O2. The molecule has 2 rings (SSSR count). The Morgan fingerprint density at radius 3 is 2.52 bits per heavy atom. The third-order valence-corrected chi connectivity index (χ3v) is 2.93. The molecule has 0 saturated heterocycles. The molecule has 0 aliphatic heterocycles. The molecule has 0 saturated carbocycles. The van der Waals surface area contributed by atoms with Crippen LogP contribution in [0.15, 0.2) is 42.5 Å². The molecule has 0 aliphatic rings. The van der Waals surface area contributed by atoms with E-state index in [9.17, 15) is 5.26 Å². The van der Waals surface area contributed by atoms with Crippen molar-refractivity contribution in [2.45, 2.75) is 19.9 Å². The minimum absolute atomic E-state index is 0.394. The van der Waals surface area contributed by atoms with Crippen LogP contribution in [0.4, 0.5) is 0 Å². The Kier molecular flexibility index (Phi) is 5.19. The first kappa shape index (κ1) is 14.9. The zero-order valence-electron chi connectivity index (χ0n) is 12.0. The van der Waals surface area contributed by atoms with E-state index in [-0.39, 0.29) is 0 Å². The third kappa shape index (κ3) is 3.74. The Morgan fingerprint density at radius 1 is 1.10 bits per heavy atom. The second-order valence-electron chi connectivity index (χ2n) is 4.54. The van der Waals surface area contributed by atoms with Gasteiger partial charge in [0.2, 0.25) is 0 Å². The lowest BCUT2D eigenvalue weighted by atomic mass is 10.1. The molecule has 0 amide bonds. The van der Waals surface area contributed by atoms with Crippen molar-refractivity contribution in [1.82, 2.24) is 0 Å². The molecule has 0 atom stereocenters. The quantitative estimate of drug-likeness (QED) is 0.879. The second-order valence-corrected chi connectivity index (χ2v) is 4.54. The minimum Gasteiger partial charge on any atom is -0.490 e. The first-order valence-electron chi connectivity index (χ1n) is 6.91. The van der Waals surface area contributed by atoms with E-state index in [0.29, 0.717) is 36.0 Å². The lowest BCUT2D eigenvalue weighted by molar-refractivity contribution is 0.302. The van der Waals surface area contributed by atoms with Gasteiger partial charge >= 0.3 is 0 Å². The van der Waals surface area contributed by atoms with Crippen LogP contribution in [0.25, 0.3) is 0 Å². The van der Waals surface area contributed by atoms with Crippen molar-refractivity contribution in [2.24, 2.45) is 5.73 Å². The predicted octanol–water partition coefficient (Wildman–Crippen LogP) is 3.60. The molecule has 0 bridgehead atoms. The maximum Gasteiger partial charge on any atom is 0.169 e. The molecule has 0 heterocycles. The zero-order chi connectivity index (χ0) is 15.1. The van der Waals surface area contributed by atoms with Crippen LogP contribution >= 0.6 is 0 Å². The number of nitriles is 1. The number of hydrogen-bond acceptors (Lipinski definition) is 4. The predicted molar refractivity (Wildman–Crippen MR) is 81.4 cm³/mol. The number of rotatable bonds is 6. The molecular weight excluding hydrogens is 264 g/mol. The van der Waals surface area contributed by atoms with Crippen LogP contribution in [0.2, 0.25) is 0 Å². The summed E-state index contributed by atoms with van der Waals surface area (Å²) in [6, 6.07) is 14.9. The fourth-order valence-electron chi connectivity index (χ4n) is 1.86. The van der Waals surface area contributed by atoms with Crippen molar-refractivity contribution in [3.63, 3.8) is 0 Å². The summed E-state index contributed by atoms with van der Waals surface area (Å²) in [5.41, 5.74) is 6.94. The van der Waals surface area contributed by atoms with Crippen LogP contribution in [0, 0.1) is 11.3 Å². The summed E-state index contributed by atoms with van der Waals surface area (Å²) in [5.74, 6) is 1.77. The number of para-hydroxylation sites is 2. The summed E-state index contributed by atoms with van der Waals surface area (Å²) in [5, 5.41) is 9.23. The van der Waals surface area contributed by atoms with E-state index in [2.05, 4.69) is 6.07 Å². The highest BCUT2D eigenvalue weighted by atomic mass is 16.5. The Bertz CT molecular complexity index is 647. The molecule has 0 aliphatic carbocycles. The van der Waals surface area contributed by atoms with Gasteiger partial charge < -0.3 is 15.2 Å². The van der Waals surface area contributed by atoms with Gasteiger partial charge in [0.1, 0.15) is 11.8 Å². The Balaban J connectivity index is 2.28. The average molecular weight is 282 g/mol. The molecule has 4 nitrogen and oxygen atoms in total. The molecule has 0 fully saturated rings. The molecule has 21 heavy (non-hydrogen) atoms. The number of ether oxygens (including phenoxy) is 2. The number of benzene rings is 2. The summed E-state index contributed by atoms with van der Waals surface area (Å²) in [7, 11) is 0. The van der Waals surface area contributed by atoms with E-state index in [1.54, 1.807) is 12.1 Å². The molecule has 0 aromatic heterocycles. The largest absolute Gasteiger partial charge is 0.490 e. The van der Waals surface area contributed by atoms with E-state index in [1.165, 1.54) is 0 Å². The Labute approximate surface area is 124 Å². The number of nitrogens with two attached hydrogens (primary N) is 1. The van der Waals surface area contributed by atoms with E-state index in [0.717, 1.165) is 12.0 Å². The third-order valence-electron chi connectivity index (χ3n) is 2.93. The standard InChI is InChI=1S/C17H18N2O2/c1-2-9-20-16-5-3-4-6-17(16)21-15-8-7-13(11-18)10-14(15)12-19/h3-8,10H,2,9,11,18H2,1H3. The van der Waals surface area contributed by atoms with Gasteiger partial charge in [-0.15, -0.1) is 0 Å². The topological polar surface area (TPSA) is 68.3 Å². The van der Waals surface area contributed by atoms with Gasteiger partial charge in [0.05, 0.1) is 12.2 Å². The van der Waals surface area contributed by atoms with E-state index < -0.39 is 0 Å². The van der Waals surface area contributed by atoms with Crippen LogP contribution in [0.1, 0.15) is 24.5 Å². The summed E-state index contributed by atoms with van der Waals surface area (Å²) in [6.07, 6.45) is 0.920. The zero-order valence-corrected chi connectivity index (χ0v) is 12.0. The van der Waals surface area contributed by atoms with Crippen molar-refractivity contribution >= 4 is 0 Å². The van der Waals surface area contributed by atoms with Crippen molar-refractivity contribution in [3.8, 4) is 23.3 Å². The monoisotopic (exact) mass is 282 g/mol. The average Bonchev–Trinajstić information content (AvgIpc) is 2.54. The summed E-state index contributed by atoms with van der Waals surface area (Å²) < 4.78 is 11.5. The molecule has 2 aromatic carbocycles. The van der Waals surface area contributed by atoms with Crippen molar-refractivity contribution in [2.75, 3.05) is 6.61 Å². The smallest absolute Gasteiger partial charge is 0.169 e. The van der Waals surface area contributed by atoms with Gasteiger partial charge in [-0.2, -0.15) is 5.26 Å². The molecule has 108 valence electrons. The van der Waals surface area contributed by atoms with Crippen LogP contribution in [0.5, 0.6) is 17.2 Å². The van der Waals surface area contributed by atoms with Crippen molar-refractivity contribution < 1.29 is 9.47 Å². The van der Waals surface area contributed by atoms with Crippen LogP contribution in [0.3, 0.4) is 0 Å². The number of nitrogens with zero attached hydrogens (tertiary/aromatic N) is 1. The van der Waals surface area contributed by atoms with Gasteiger partial charge in [-0.25, -0.2) is 0 Å². The maximum atomic E-state index is 9.23. The SMILES string of the molecule is CCCOc1ccccc1Oc1ccc(CN)cc1C#N. The summed E-state index contributed by atoms with van der Waals surface area (Å²) >= 11 is 0. The highest BCUT2D eigenvalue weighted by Gasteiger charge is 2.09. The first-order chi connectivity index (χ1) is 10.3. The summed E-state index contributed by atoms with van der Waals surface area (Å²) in [4.78, 5) is 0. The van der Waals surface area contributed by atoms with Gasteiger partial charge in [0, 0.05) is 6.54 Å². The van der Waals surface area contributed by atoms with Gasteiger partial charge in [-0.05, 0) is 36.2 Å². The van der Waals surface area contributed by atoms with Crippen molar-refractivity contribution in [3.05, 3.63) is 53.6 Å². The fourth-order valence-corrected chi connectivity index (χ4v) is 1.86. The van der Waals surface area contributed by atoms with E-state index in [4.69, 9.17) is 15.2 Å². The minimum atomic E-state index is 0.394. The second kappa shape index (κ2) is 7.32. The molecule has 0 spiro atoms. The Hall–Kier alpha value is -2.51. The molecule has 0 radical (unpaired) electrons. The van der Waals surface area contributed by atoms with Gasteiger partial charge in [-0.1, -0.05) is 25.1 Å². The molecule has 2 aromatic rings. The van der Waals surface area contributed by atoms with Gasteiger partial charge in [-0.3, -0.25) is 0 Å². The fraction of sp³-hybridized carbons (Fsp3) is 0.235. The van der Waals surface area contributed by atoms with Crippen LogP contribution in [-0.2, 0) is 6.54 Å². The van der Waals surface area contributed by atoms with E-state index >= 15 is 0 Å². The Morgan fingerprint density at radius 2 is 1.86 bits per heavy atom. The molecule has 4 heteroatoms. The van der Waals surface area contributed by atoms with Crippen LogP contribution < -0.4 is 15.2 Å². The lowest BCUT2D eigenvalue weighted by Crippen LogP contribution is -1.99. The summed E-state index contributed by atoms with van der Waals surface area (Å²) in [6.45, 7) is 3.06. The highest BCUT2D eigenvalue weighted by molar-refractivity contribution is 5.50. The van der Waals surface area contributed by atoms with Gasteiger partial charge in [0.15, 0.2) is 11.5 Å². The lowest BCUT2D eigenvalue weighted by Gasteiger charge is -2.13. The van der Waals surface area contributed by atoms with Gasteiger partial charge in [0.25, 0.3) is 0 Å². The van der Waals surface area contributed by atoms with E-state index in [1.807, 2.05) is 37.3 Å². The molecule has 2 N–H and O–H groups in total. The maximum absolute atomic E-state index is 9.23.